The van der Waals surface area contributed by atoms with Crippen molar-refractivity contribution >= 4 is 23.6 Å². The third-order valence-electron chi connectivity index (χ3n) is 3.87. The molecule has 2 fully saturated rings. The van der Waals surface area contributed by atoms with Gasteiger partial charge in [-0.1, -0.05) is 0 Å². The van der Waals surface area contributed by atoms with Crippen LogP contribution >= 0.6 is 0 Å². The number of cyclic esters (lactones) is 1. The summed E-state index contributed by atoms with van der Waals surface area (Å²) in [5.74, 6) is -1.72. The quantitative estimate of drug-likeness (QED) is 0.873. The van der Waals surface area contributed by atoms with Crippen LogP contribution in [0, 0.1) is 11.6 Å². The third-order valence-corrected chi connectivity index (χ3v) is 3.87. The molecule has 3 rings (SSSR count). The summed E-state index contributed by atoms with van der Waals surface area (Å²) < 4.78 is 38.4. The number of amides is 2. The van der Waals surface area contributed by atoms with Crippen LogP contribution in [0.3, 0.4) is 0 Å². The van der Waals surface area contributed by atoms with E-state index in [1.165, 1.54) is 19.0 Å². The van der Waals surface area contributed by atoms with Crippen LogP contribution in [0.4, 0.5) is 29.7 Å². The minimum atomic E-state index is -1.17. The Kier molecular flexibility index (Phi) is 4.38. The van der Waals surface area contributed by atoms with Crippen molar-refractivity contribution in [1.29, 1.82) is 0 Å². The number of rotatable bonds is 3. The molecule has 8 nitrogen and oxygen atoms in total. The van der Waals surface area contributed by atoms with Gasteiger partial charge in [-0.05, 0) is 0 Å². The number of halogens is 2. The summed E-state index contributed by atoms with van der Waals surface area (Å²) in [6, 6.07) is 2.00. The molecule has 2 amide bonds. The van der Waals surface area contributed by atoms with Gasteiger partial charge in [-0.2, -0.15) is 0 Å². The average molecular weight is 357 g/mol. The molecular formula is C15H17F2N3O5. The Morgan fingerprint density at radius 2 is 1.88 bits per heavy atom. The molecule has 136 valence electrons. The van der Waals surface area contributed by atoms with Gasteiger partial charge in [0, 0.05) is 39.3 Å². The van der Waals surface area contributed by atoms with E-state index in [1.807, 2.05) is 0 Å². The second-order valence-corrected chi connectivity index (χ2v) is 6.02. The molecule has 1 aromatic rings. The molecule has 2 aliphatic rings. The van der Waals surface area contributed by atoms with Crippen LogP contribution in [-0.4, -0.2) is 68.3 Å². The highest BCUT2D eigenvalue weighted by atomic mass is 19.1. The predicted octanol–water partition coefficient (Wildman–Crippen LogP) is 1.13. The summed E-state index contributed by atoms with van der Waals surface area (Å²) in [6.45, 7) is 0.0993. The topological polar surface area (TPSA) is 82.5 Å². The monoisotopic (exact) mass is 357 g/mol. The number of hydrogen-bond donors (Lipinski definition) is 1. The lowest BCUT2D eigenvalue weighted by Gasteiger charge is -2.38. The number of anilines is 2. The standard InChI is InChI=1S/C15H17F2N3O5/c1-18(2)14(22)24-12-7-20(15(23)25-12)8-3-10(16)13(11(17)4-8)19-5-9(21)6-19/h3-4,9,12,21H,5-7H2,1-2H3/t12-/m0/s1. The van der Waals surface area contributed by atoms with Crippen LogP contribution in [-0.2, 0) is 9.47 Å². The van der Waals surface area contributed by atoms with E-state index in [-0.39, 0.29) is 31.0 Å². The van der Waals surface area contributed by atoms with Gasteiger partial charge in [0.05, 0.1) is 11.8 Å². The van der Waals surface area contributed by atoms with Gasteiger partial charge in [0.25, 0.3) is 6.29 Å². The Morgan fingerprint density at radius 3 is 2.40 bits per heavy atom. The number of aliphatic hydroxyl groups excluding tert-OH is 1. The van der Waals surface area contributed by atoms with E-state index in [0.717, 1.165) is 21.9 Å². The van der Waals surface area contributed by atoms with Crippen molar-refractivity contribution in [3.8, 4) is 0 Å². The van der Waals surface area contributed by atoms with E-state index < -0.39 is 36.2 Å². The van der Waals surface area contributed by atoms with Crippen molar-refractivity contribution in [2.24, 2.45) is 0 Å². The molecule has 1 N–H and O–H groups in total. The molecule has 0 radical (unpaired) electrons. The van der Waals surface area contributed by atoms with E-state index in [9.17, 15) is 23.5 Å². The van der Waals surface area contributed by atoms with Crippen molar-refractivity contribution < 1.29 is 33.0 Å². The summed E-state index contributed by atoms with van der Waals surface area (Å²) >= 11 is 0. The highest BCUT2D eigenvalue weighted by Crippen LogP contribution is 2.33. The van der Waals surface area contributed by atoms with Gasteiger partial charge < -0.3 is 24.4 Å². The first kappa shape index (κ1) is 17.2. The number of benzene rings is 1. The Morgan fingerprint density at radius 1 is 1.28 bits per heavy atom. The van der Waals surface area contributed by atoms with E-state index in [1.54, 1.807) is 0 Å². The van der Waals surface area contributed by atoms with Gasteiger partial charge in [-0.15, -0.1) is 0 Å². The number of hydrogen-bond acceptors (Lipinski definition) is 6. The molecule has 25 heavy (non-hydrogen) atoms. The molecule has 0 bridgehead atoms. The van der Waals surface area contributed by atoms with Gasteiger partial charge >= 0.3 is 12.2 Å². The lowest BCUT2D eigenvalue weighted by molar-refractivity contribution is -0.0386. The van der Waals surface area contributed by atoms with Crippen LogP contribution in [0.1, 0.15) is 0 Å². The minimum absolute atomic E-state index is 0.0479. The van der Waals surface area contributed by atoms with Gasteiger partial charge in [-0.3, -0.25) is 4.90 Å². The first-order valence-corrected chi connectivity index (χ1v) is 7.54. The first-order valence-electron chi connectivity index (χ1n) is 7.54. The van der Waals surface area contributed by atoms with Crippen LogP contribution < -0.4 is 9.80 Å². The maximum Gasteiger partial charge on any atom is 0.417 e. The molecule has 2 aliphatic heterocycles. The molecule has 1 aromatic carbocycles. The smallest absolute Gasteiger partial charge is 0.407 e. The fraction of sp³-hybridized carbons (Fsp3) is 0.467. The molecule has 2 heterocycles. The zero-order chi connectivity index (χ0) is 18.3. The summed E-state index contributed by atoms with van der Waals surface area (Å²) in [5.41, 5.74) is -0.301. The average Bonchev–Trinajstić information content (AvgIpc) is 2.85. The largest absolute Gasteiger partial charge is 0.417 e. The van der Waals surface area contributed by atoms with Crippen molar-refractivity contribution in [3.63, 3.8) is 0 Å². The fourth-order valence-electron chi connectivity index (χ4n) is 2.57. The molecular weight excluding hydrogens is 340 g/mol. The number of nitrogens with zero attached hydrogens (tertiary/aromatic N) is 3. The maximum absolute atomic E-state index is 14.3. The highest BCUT2D eigenvalue weighted by Gasteiger charge is 2.37. The SMILES string of the molecule is CN(C)C(=O)O[C@@H]1CN(c2cc(F)c(N3CC(O)C3)c(F)c2)C(=O)O1. The zero-order valence-electron chi connectivity index (χ0n) is 13.6. The number of β-amino-alcohol motifs (C(OH)–C–C–N with tert-alkyl or cyclic N) is 1. The summed E-state index contributed by atoms with van der Waals surface area (Å²) in [5, 5.41) is 9.26. The minimum Gasteiger partial charge on any atom is -0.407 e. The maximum atomic E-state index is 14.3. The number of carbonyl (C=O) groups is 2. The van der Waals surface area contributed by atoms with Crippen molar-refractivity contribution in [2.45, 2.75) is 12.4 Å². The van der Waals surface area contributed by atoms with Gasteiger partial charge in [0.2, 0.25) is 0 Å². The Balaban J connectivity index is 1.76. The normalized spacial score (nSPS) is 20.4. The Labute approximate surface area is 142 Å². The molecule has 0 unspecified atom stereocenters. The molecule has 1 atom stereocenters. The predicted molar refractivity (Wildman–Crippen MR) is 82.4 cm³/mol. The van der Waals surface area contributed by atoms with Crippen LogP contribution in [0.2, 0.25) is 0 Å². The molecule has 0 aromatic heterocycles. The molecule has 10 heteroatoms. The van der Waals surface area contributed by atoms with E-state index in [2.05, 4.69) is 0 Å². The van der Waals surface area contributed by atoms with Gasteiger partial charge in [0.15, 0.2) is 11.6 Å². The lowest BCUT2D eigenvalue weighted by atomic mass is 10.1. The Bertz CT molecular complexity index is 685. The highest BCUT2D eigenvalue weighted by molar-refractivity contribution is 5.90. The van der Waals surface area contributed by atoms with Crippen LogP contribution in [0.5, 0.6) is 0 Å². The lowest BCUT2D eigenvalue weighted by Crippen LogP contribution is -2.51. The van der Waals surface area contributed by atoms with E-state index in [4.69, 9.17) is 9.47 Å². The van der Waals surface area contributed by atoms with Crippen molar-refractivity contribution in [1.82, 2.24) is 4.90 Å². The first-order chi connectivity index (χ1) is 11.8. The number of carbonyl (C=O) groups excluding carboxylic acids is 2. The van der Waals surface area contributed by atoms with Gasteiger partial charge in [-0.25, -0.2) is 18.4 Å². The molecule has 0 saturated carbocycles. The Hall–Kier alpha value is -2.62. The molecule has 2 saturated heterocycles. The number of ether oxygens (including phenoxy) is 2. The molecule has 0 aliphatic carbocycles. The second kappa shape index (κ2) is 6.36. The van der Waals surface area contributed by atoms with E-state index in [0.29, 0.717) is 0 Å². The zero-order valence-corrected chi connectivity index (χ0v) is 13.6. The fourth-order valence-corrected chi connectivity index (χ4v) is 2.57. The summed E-state index contributed by atoms with van der Waals surface area (Å²) in [4.78, 5) is 26.9. The second-order valence-electron chi connectivity index (χ2n) is 6.02. The number of aliphatic hydroxyl groups is 1. The summed E-state index contributed by atoms with van der Waals surface area (Å²) in [6.07, 6.45) is -3.36. The third kappa shape index (κ3) is 3.29. The van der Waals surface area contributed by atoms with Crippen LogP contribution in [0.25, 0.3) is 0 Å². The van der Waals surface area contributed by atoms with Crippen LogP contribution in [0.15, 0.2) is 12.1 Å². The molecule has 0 spiro atoms. The van der Waals surface area contributed by atoms with Crippen molar-refractivity contribution in [3.05, 3.63) is 23.8 Å². The summed E-state index contributed by atoms with van der Waals surface area (Å²) in [7, 11) is 2.93. The van der Waals surface area contributed by atoms with Crippen molar-refractivity contribution in [2.75, 3.05) is 43.5 Å². The van der Waals surface area contributed by atoms with E-state index >= 15 is 0 Å². The van der Waals surface area contributed by atoms with Gasteiger partial charge in [0.1, 0.15) is 12.2 Å².